The highest BCUT2D eigenvalue weighted by atomic mass is 31.1. The van der Waals surface area contributed by atoms with E-state index in [-0.39, 0.29) is 8.96 Å². The third kappa shape index (κ3) is 4.35. The van der Waals surface area contributed by atoms with E-state index in [0.29, 0.717) is 0 Å². The molecule has 0 aromatic heterocycles. The summed E-state index contributed by atoms with van der Waals surface area (Å²) in [4.78, 5) is 0. The van der Waals surface area contributed by atoms with Crippen LogP contribution >= 0.6 is 8.96 Å². The van der Waals surface area contributed by atoms with Crippen LogP contribution in [0.2, 0.25) is 0 Å². The molecule has 0 saturated carbocycles. The standard InChI is InChI=1S/C3H10NOP/c1-2-3-5-6-4/h6H,2-4H2,1H3. The van der Waals surface area contributed by atoms with Crippen LogP contribution in [-0.4, -0.2) is 6.61 Å². The van der Waals surface area contributed by atoms with Gasteiger partial charge in [0.2, 0.25) is 0 Å². The van der Waals surface area contributed by atoms with E-state index in [1.165, 1.54) is 0 Å². The smallest absolute Gasteiger partial charge is 0.0833 e. The van der Waals surface area contributed by atoms with Crippen molar-refractivity contribution in [3.05, 3.63) is 0 Å². The van der Waals surface area contributed by atoms with Gasteiger partial charge in [-0.25, -0.2) is 0 Å². The average Bonchev–Trinajstić information content (AvgIpc) is 1.61. The minimum absolute atomic E-state index is 0.165. The first-order chi connectivity index (χ1) is 2.91. The SMILES string of the molecule is CCCOPN. The maximum Gasteiger partial charge on any atom is 0.0833 e. The van der Waals surface area contributed by atoms with E-state index in [1.54, 1.807) is 0 Å². The Balaban J connectivity index is 2.34. The minimum Gasteiger partial charge on any atom is -0.347 e. The van der Waals surface area contributed by atoms with E-state index in [2.05, 4.69) is 6.92 Å². The normalized spacial score (nSPS) is 11.0. The first kappa shape index (κ1) is 6.35. The molecule has 0 bridgehead atoms. The molecule has 1 atom stereocenters. The second-order valence-corrected chi connectivity index (χ2v) is 1.49. The van der Waals surface area contributed by atoms with Gasteiger partial charge >= 0.3 is 0 Å². The molecule has 0 saturated heterocycles. The molecule has 0 aliphatic carbocycles. The van der Waals surface area contributed by atoms with Gasteiger partial charge in [-0.2, -0.15) is 0 Å². The Morgan fingerprint density at radius 3 is 2.67 bits per heavy atom. The highest BCUT2D eigenvalue weighted by Gasteiger charge is 1.73. The zero-order chi connectivity index (χ0) is 4.83. The van der Waals surface area contributed by atoms with E-state index in [1.807, 2.05) is 0 Å². The van der Waals surface area contributed by atoms with E-state index in [4.69, 9.17) is 10.0 Å². The van der Waals surface area contributed by atoms with E-state index in [9.17, 15) is 0 Å². The summed E-state index contributed by atoms with van der Waals surface area (Å²) < 4.78 is 4.79. The second-order valence-electron chi connectivity index (χ2n) is 0.966. The molecule has 3 heteroatoms. The molecule has 2 nitrogen and oxygen atoms in total. The predicted molar refractivity (Wildman–Crippen MR) is 28.7 cm³/mol. The van der Waals surface area contributed by atoms with Gasteiger partial charge in [0.25, 0.3) is 0 Å². The van der Waals surface area contributed by atoms with Gasteiger partial charge in [-0.3, -0.25) is 5.50 Å². The number of hydrogen-bond acceptors (Lipinski definition) is 2. The summed E-state index contributed by atoms with van der Waals surface area (Å²) in [6.07, 6.45) is 1.06. The quantitative estimate of drug-likeness (QED) is 0.429. The Labute approximate surface area is 40.0 Å². The van der Waals surface area contributed by atoms with Crippen molar-refractivity contribution < 1.29 is 4.52 Å². The molecule has 0 radical (unpaired) electrons. The molecule has 0 aromatic carbocycles. The van der Waals surface area contributed by atoms with Crippen LogP contribution in [0.4, 0.5) is 0 Å². The summed E-state index contributed by atoms with van der Waals surface area (Å²) in [6, 6.07) is 0. The highest BCUT2D eigenvalue weighted by Crippen LogP contribution is 1.96. The van der Waals surface area contributed by atoms with Crippen LogP contribution in [0.5, 0.6) is 0 Å². The summed E-state index contributed by atoms with van der Waals surface area (Å²) in [6.45, 7) is 2.86. The third-order valence-corrected chi connectivity index (χ3v) is 0.760. The second kappa shape index (κ2) is 5.35. The first-order valence-corrected chi connectivity index (χ1v) is 2.97. The molecule has 1 unspecified atom stereocenters. The number of rotatable bonds is 3. The van der Waals surface area contributed by atoms with Crippen LogP contribution in [0.25, 0.3) is 0 Å². The molecule has 0 spiro atoms. The molecule has 0 fully saturated rings. The van der Waals surface area contributed by atoms with Gasteiger partial charge in [0.1, 0.15) is 0 Å². The summed E-state index contributed by atoms with van der Waals surface area (Å²) in [5.41, 5.74) is 5.02. The van der Waals surface area contributed by atoms with Crippen molar-refractivity contribution in [3.8, 4) is 0 Å². The van der Waals surface area contributed by atoms with Crippen LogP contribution < -0.4 is 5.50 Å². The summed E-state index contributed by atoms with van der Waals surface area (Å²) >= 11 is 0. The van der Waals surface area contributed by atoms with Crippen molar-refractivity contribution in [2.75, 3.05) is 6.61 Å². The molecule has 38 valence electrons. The van der Waals surface area contributed by atoms with Gasteiger partial charge in [0, 0.05) is 0 Å². The van der Waals surface area contributed by atoms with Crippen LogP contribution in [0, 0.1) is 0 Å². The van der Waals surface area contributed by atoms with Crippen molar-refractivity contribution in [1.82, 2.24) is 0 Å². The summed E-state index contributed by atoms with van der Waals surface area (Å²) in [5.74, 6) is 0. The molecule has 0 amide bonds. The van der Waals surface area contributed by atoms with Crippen molar-refractivity contribution in [2.24, 2.45) is 5.50 Å². The Hall–Kier alpha value is 0.350. The molecular formula is C3H10NOP. The van der Waals surface area contributed by atoms with Crippen molar-refractivity contribution >= 4 is 8.96 Å². The van der Waals surface area contributed by atoms with Gasteiger partial charge < -0.3 is 4.52 Å². The molecule has 6 heavy (non-hydrogen) atoms. The fourth-order valence-corrected chi connectivity index (χ4v) is 0.483. The molecule has 0 aliphatic rings. The van der Waals surface area contributed by atoms with Crippen molar-refractivity contribution in [3.63, 3.8) is 0 Å². The predicted octanol–water partition coefficient (Wildman–Crippen LogP) is 0.880. The minimum atomic E-state index is 0.165. The van der Waals surface area contributed by atoms with Gasteiger partial charge in [-0.05, 0) is 6.42 Å². The van der Waals surface area contributed by atoms with Crippen LogP contribution in [0.3, 0.4) is 0 Å². The summed E-state index contributed by atoms with van der Waals surface area (Å²) in [5, 5.41) is 0. The topological polar surface area (TPSA) is 35.2 Å². The molecular weight excluding hydrogens is 97.0 g/mol. The van der Waals surface area contributed by atoms with Crippen molar-refractivity contribution in [1.29, 1.82) is 0 Å². The van der Waals surface area contributed by atoms with Gasteiger partial charge in [0.05, 0.1) is 15.6 Å². The molecule has 0 aliphatic heterocycles. The molecule has 0 rings (SSSR count). The van der Waals surface area contributed by atoms with E-state index < -0.39 is 0 Å². The lowest BCUT2D eigenvalue weighted by molar-refractivity contribution is 0.362. The fraction of sp³-hybridized carbons (Fsp3) is 1.00. The highest BCUT2D eigenvalue weighted by molar-refractivity contribution is 7.29. The zero-order valence-electron chi connectivity index (χ0n) is 3.90. The zero-order valence-corrected chi connectivity index (χ0v) is 4.90. The lowest BCUT2D eigenvalue weighted by atomic mass is 10.5. The van der Waals surface area contributed by atoms with Gasteiger partial charge in [-0.15, -0.1) is 0 Å². The number of hydrogen-bond donors (Lipinski definition) is 1. The van der Waals surface area contributed by atoms with Gasteiger partial charge in [-0.1, -0.05) is 6.92 Å². The molecule has 0 aromatic rings. The third-order valence-electron chi connectivity index (χ3n) is 0.390. The lowest BCUT2D eigenvalue weighted by Gasteiger charge is -1.90. The first-order valence-electron chi connectivity index (χ1n) is 1.99. The van der Waals surface area contributed by atoms with Crippen LogP contribution in [0.1, 0.15) is 13.3 Å². The molecule has 2 N–H and O–H groups in total. The fourth-order valence-electron chi connectivity index (χ4n) is 0.161. The lowest BCUT2D eigenvalue weighted by Crippen LogP contribution is -1.82. The summed E-state index contributed by atoms with van der Waals surface area (Å²) in [7, 11) is 0.165. The van der Waals surface area contributed by atoms with E-state index >= 15 is 0 Å². The van der Waals surface area contributed by atoms with Crippen LogP contribution in [-0.2, 0) is 4.52 Å². The Morgan fingerprint density at radius 1 is 1.83 bits per heavy atom. The largest absolute Gasteiger partial charge is 0.347 e. The van der Waals surface area contributed by atoms with Crippen molar-refractivity contribution in [2.45, 2.75) is 13.3 Å². The average molecular weight is 107 g/mol. The van der Waals surface area contributed by atoms with E-state index in [0.717, 1.165) is 13.0 Å². The number of nitrogens with two attached hydrogens (primary N) is 1. The maximum absolute atomic E-state index is 5.02. The monoisotopic (exact) mass is 107 g/mol. The molecule has 0 heterocycles. The van der Waals surface area contributed by atoms with Crippen LogP contribution in [0.15, 0.2) is 0 Å². The maximum atomic E-state index is 5.02. The Kier molecular flexibility index (Phi) is 5.66. The van der Waals surface area contributed by atoms with Gasteiger partial charge in [0.15, 0.2) is 0 Å². The Morgan fingerprint density at radius 2 is 2.50 bits per heavy atom. The Bertz CT molecular complexity index is 22.8.